The van der Waals surface area contributed by atoms with Gasteiger partial charge in [0.25, 0.3) is 0 Å². The molecule has 18 heavy (non-hydrogen) atoms. The van der Waals surface area contributed by atoms with Gasteiger partial charge in [-0.05, 0) is 52.5 Å². The van der Waals surface area contributed by atoms with E-state index < -0.39 is 0 Å². The second kappa shape index (κ2) is 7.82. The smallest absolute Gasteiger partial charge is 0.144 e. The number of nitrogens with two attached hydrogens (primary N) is 1. The molecule has 0 bridgehead atoms. The van der Waals surface area contributed by atoms with Gasteiger partial charge in [0.2, 0.25) is 0 Å². The summed E-state index contributed by atoms with van der Waals surface area (Å²) in [6.45, 7) is 4.65. The van der Waals surface area contributed by atoms with Gasteiger partial charge in [0.15, 0.2) is 0 Å². The molecule has 0 aliphatic carbocycles. The molecule has 0 amide bonds. The van der Waals surface area contributed by atoms with Crippen molar-refractivity contribution in [1.82, 2.24) is 4.90 Å². The van der Waals surface area contributed by atoms with E-state index in [1.807, 2.05) is 25.1 Å². The van der Waals surface area contributed by atoms with Crippen LogP contribution in [0.4, 0.5) is 11.4 Å². The topological polar surface area (TPSA) is 50.5 Å². The predicted molar refractivity (Wildman–Crippen MR) is 78.3 cm³/mol. The van der Waals surface area contributed by atoms with E-state index in [4.69, 9.17) is 10.5 Å². The summed E-state index contributed by atoms with van der Waals surface area (Å²) in [4.78, 5) is 2.20. The minimum Gasteiger partial charge on any atom is -0.492 e. The SMILES string of the molecule is CCOc1cccc(NCCCCN(C)C)c1N. The molecule has 0 spiro atoms. The average Bonchev–Trinajstić information content (AvgIpc) is 2.33. The molecule has 0 aliphatic rings. The Morgan fingerprint density at radius 3 is 2.72 bits per heavy atom. The third-order valence-corrected chi connectivity index (χ3v) is 2.71. The summed E-state index contributed by atoms with van der Waals surface area (Å²) in [7, 11) is 4.19. The Morgan fingerprint density at radius 2 is 2.06 bits per heavy atom. The van der Waals surface area contributed by atoms with Crippen LogP contribution in [0.5, 0.6) is 5.75 Å². The number of nitrogen functional groups attached to an aromatic ring is 1. The van der Waals surface area contributed by atoms with Gasteiger partial charge in [0.1, 0.15) is 5.75 Å². The van der Waals surface area contributed by atoms with Crippen molar-refractivity contribution >= 4 is 11.4 Å². The minimum absolute atomic E-state index is 0.635. The second-order valence-electron chi connectivity index (χ2n) is 4.59. The van der Waals surface area contributed by atoms with Crippen LogP contribution in [0.25, 0.3) is 0 Å². The van der Waals surface area contributed by atoms with Crippen molar-refractivity contribution in [2.75, 3.05) is 44.8 Å². The van der Waals surface area contributed by atoms with E-state index in [0.717, 1.165) is 30.9 Å². The average molecular weight is 251 g/mol. The van der Waals surface area contributed by atoms with Crippen LogP contribution >= 0.6 is 0 Å². The zero-order valence-electron chi connectivity index (χ0n) is 11.7. The van der Waals surface area contributed by atoms with Gasteiger partial charge in [-0.2, -0.15) is 0 Å². The lowest BCUT2D eigenvalue weighted by Crippen LogP contribution is -2.14. The zero-order valence-corrected chi connectivity index (χ0v) is 11.7. The molecule has 1 rings (SSSR count). The fourth-order valence-electron chi connectivity index (χ4n) is 1.76. The van der Waals surface area contributed by atoms with Crippen LogP contribution in [0, 0.1) is 0 Å². The van der Waals surface area contributed by atoms with Gasteiger partial charge in [-0.25, -0.2) is 0 Å². The highest BCUT2D eigenvalue weighted by molar-refractivity contribution is 5.72. The van der Waals surface area contributed by atoms with Crippen molar-refractivity contribution in [2.45, 2.75) is 19.8 Å². The number of hydrogen-bond acceptors (Lipinski definition) is 4. The molecular formula is C14H25N3O. The van der Waals surface area contributed by atoms with Crippen molar-refractivity contribution in [3.05, 3.63) is 18.2 Å². The molecule has 0 aromatic heterocycles. The fraction of sp³-hybridized carbons (Fsp3) is 0.571. The molecule has 0 atom stereocenters. The number of nitrogens with zero attached hydrogens (tertiary/aromatic N) is 1. The Balaban J connectivity index is 2.40. The van der Waals surface area contributed by atoms with Gasteiger partial charge < -0.3 is 20.7 Å². The number of para-hydroxylation sites is 1. The van der Waals surface area contributed by atoms with Crippen LogP contribution in [0.1, 0.15) is 19.8 Å². The van der Waals surface area contributed by atoms with E-state index in [-0.39, 0.29) is 0 Å². The Labute approximate surface area is 110 Å². The highest BCUT2D eigenvalue weighted by Crippen LogP contribution is 2.29. The van der Waals surface area contributed by atoms with Gasteiger partial charge in [-0.3, -0.25) is 0 Å². The molecule has 4 heteroatoms. The maximum atomic E-state index is 6.04. The molecule has 0 aliphatic heterocycles. The van der Waals surface area contributed by atoms with Crippen LogP contribution in [-0.2, 0) is 0 Å². The first kappa shape index (κ1) is 14.6. The number of hydrogen-bond donors (Lipinski definition) is 2. The lowest BCUT2D eigenvalue weighted by molar-refractivity contribution is 0.342. The maximum absolute atomic E-state index is 6.04. The third kappa shape index (κ3) is 4.84. The molecule has 0 unspecified atom stereocenters. The molecule has 0 radical (unpaired) electrons. The minimum atomic E-state index is 0.635. The molecule has 0 saturated carbocycles. The summed E-state index contributed by atoms with van der Waals surface area (Å²) in [5.41, 5.74) is 7.70. The van der Waals surface area contributed by atoms with Crippen molar-refractivity contribution in [3.63, 3.8) is 0 Å². The summed E-state index contributed by atoms with van der Waals surface area (Å²) in [5.74, 6) is 0.760. The van der Waals surface area contributed by atoms with Crippen LogP contribution in [0.2, 0.25) is 0 Å². The van der Waals surface area contributed by atoms with E-state index in [0.29, 0.717) is 12.3 Å². The van der Waals surface area contributed by atoms with Gasteiger partial charge in [-0.1, -0.05) is 6.07 Å². The first-order valence-corrected chi connectivity index (χ1v) is 6.55. The summed E-state index contributed by atoms with van der Waals surface area (Å²) in [6, 6.07) is 5.85. The number of benzene rings is 1. The van der Waals surface area contributed by atoms with E-state index in [1.54, 1.807) is 0 Å². The Kier molecular flexibility index (Phi) is 6.36. The van der Waals surface area contributed by atoms with Crippen LogP contribution in [-0.4, -0.2) is 38.7 Å². The fourth-order valence-corrected chi connectivity index (χ4v) is 1.76. The molecule has 0 heterocycles. The molecule has 102 valence electrons. The van der Waals surface area contributed by atoms with E-state index in [2.05, 4.69) is 24.3 Å². The number of ether oxygens (including phenoxy) is 1. The Hall–Kier alpha value is -1.42. The van der Waals surface area contributed by atoms with Crippen LogP contribution in [0.15, 0.2) is 18.2 Å². The lowest BCUT2D eigenvalue weighted by atomic mass is 10.2. The summed E-state index contributed by atoms with van der Waals surface area (Å²) in [6.07, 6.45) is 2.32. The summed E-state index contributed by atoms with van der Waals surface area (Å²) >= 11 is 0. The van der Waals surface area contributed by atoms with Crippen molar-refractivity contribution < 1.29 is 4.74 Å². The number of unbranched alkanes of at least 4 members (excludes halogenated alkanes) is 1. The summed E-state index contributed by atoms with van der Waals surface area (Å²) < 4.78 is 5.46. The van der Waals surface area contributed by atoms with Crippen LogP contribution in [0.3, 0.4) is 0 Å². The normalized spacial score (nSPS) is 10.7. The molecule has 0 fully saturated rings. The monoisotopic (exact) mass is 251 g/mol. The molecule has 1 aromatic carbocycles. The number of rotatable bonds is 8. The standard InChI is InChI=1S/C14H25N3O/c1-4-18-13-9-7-8-12(14(13)15)16-10-5-6-11-17(2)3/h7-9,16H,4-6,10-11,15H2,1-3H3. The van der Waals surface area contributed by atoms with Crippen molar-refractivity contribution in [1.29, 1.82) is 0 Å². The lowest BCUT2D eigenvalue weighted by Gasteiger charge is -2.13. The second-order valence-corrected chi connectivity index (χ2v) is 4.59. The van der Waals surface area contributed by atoms with Crippen molar-refractivity contribution in [3.8, 4) is 5.75 Å². The number of anilines is 2. The van der Waals surface area contributed by atoms with E-state index in [1.165, 1.54) is 6.42 Å². The van der Waals surface area contributed by atoms with Gasteiger partial charge in [0.05, 0.1) is 18.0 Å². The van der Waals surface area contributed by atoms with E-state index >= 15 is 0 Å². The number of nitrogens with one attached hydrogen (secondary N) is 1. The zero-order chi connectivity index (χ0) is 13.4. The highest BCUT2D eigenvalue weighted by Gasteiger charge is 2.04. The largest absolute Gasteiger partial charge is 0.492 e. The molecule has 1 aromatic rings. The Morgan fingerprint density at radius 1 is 1.28 bits per heavy atom. The van der Waals surface area contributed by atoms with Crippen LogP contribution < -0.4 is 15.8 Å². The molecule has 0 saturated heterocycles. The summed E-state index contributed by atoms with van der Waals surface area (Å²) in [5, 5.41) is 3.36. The quantitative estimate of drug-likeness (QED) is 0.550. The maximum Gasteiger partial charge on any atom is 0.144 e. The molecule has 4 nitrogen and oxygen atoms in total. The van der Waals surface area contributed by atoms with Gasteiger partial charge in [0, 0.05) is 6.54 Å². The van der Waals surface area contributed by atoms with Gasteiger partial charge >= 0.3 is 0 Å². The third-order valence-electron chi connectivity index (χ3n) is 2.71. The highest BCUT2D eigenvalue weighted by atomic mass is 16.5. The molecule has 3 N–H and O–H groups in total. The Bertz CT molecular complexity index is 353. The first-order valence-electron chi connectivity index (χ1n) is 6.55. The van der Waals surface area contributed by atoms with Gasteiger partial charge in [-0.15, -0.1) is 0 Å². The predicted octanol–water partition coefficient (Wildman–Crippen LogP) is 2.42. The van der Waals surface area contributed by atoms with Crippen molar-refractivity contribution in [2.24, 2.45) is 0 Å². The molecular weight excluding hydrogens is 226 g/mol. The van der Waals surface area contributed by atoms with E-state index in [9.17, 15) is 0 Å². The first-order chi connectivity index (χ1) is 8.65.